The van der Waals surface area contributed by atoms with E-state index in [4.69, 9.17) is 20.8 Å². The fourth-order valence-electron chi connectivity index (χ4n) is 2.69. The quantitative estimate of drug-likeness (QED) is 0.813. The van der Waals surface area contributed by atoms with Crippen molar-refractivity contribution in [1.29, 1.82) is 0 Å². The molecule has 1 aromatic heterocycles. The van der Waals surface area contributed by atoms with E-state index in [0.29, 0.717) is 27.8 Å². The lowest BCUT2D eigenvalue weighted by Gasteiger charge is -2.26. The first-order valence-corrected chi connectivity index (χ1v) is 8.18. The van der Waals surface area contributed by atoms with Gasteiger partial charge in [-0.1, -0.05) is 23.7 Å². The second-order valence-corrected chi connectivity index (χ2v) is 5.94. The molecule has 0 aliphatic carbocycles. The molecular weight excluding hydrogens is 344 g/mol. The van der Waals surface area contributed by atoms with Crippen LogP contribution in [-0.4, -0.2) is 18.6 Å². The lowest BCUT2D eigenvalue weighted by molar-refractivity contribution is -0.139. The molecule has 1 atom stereocenters. The number of nitrogens with one attached hydrogen (secondary N) is 2. The number of esters is 1. The van der Waals surface area contributed by atoms with Gasteiger partial charge in [-0.15, -0.1) is 0 Å². The second kappa shape index (κ2) is 7.03. The van der Waals surface area contributed by atoms with E-state index >= 15 is 0 Å². The lowest BCUT2D eigenvalue weighted by atomic mass is 10.0. The van der Waals surface area contributed by atoms with Gasteiger partial charge in [-0.3, -0.25) is 0 Å². The van der Waals surface area contributed by atoms with E-state index in [1.54, 1.807) is 38.1 Å². The van der Waals surface area contributed by atoms with Gasteiger partial charge in [0.2, 0.25) is 0 Å². The molecule has 0 radical (unpaired) electrons. The zero-order valence-corrected chi connectivity index (χ0v) is 14.5. The summed E-state index contributed by atoms with van der Waals surface area (Å²) in [6, 6.07) is 9.60. The fourth-order valence-corrected chi connectivity index (χ4v) is 2.88. The van der Waals surface area contributed by atoms with Crippen LogP contribution in [0.2, 0.25) is 5.02 Å². The van der Waals surface area contributed by atoms with E-state index < -0.39 is 18.0 Å². The minimum Gasteiger partial charge on any atom is -0.463 e. The summed E-state index contributed by atoms with van der Waals surface area (Å²) in [5, 5.41) is 5.88. The Morgan fingerprint density at radius 1 is 1.32 bits per heavy atom. The monoisotopic (exact) mass is 360 g/mol. The van der Waals surface area contributed by atoms with Crippen LogP contribution in [0.3, 0.4) is 0 Å². The highest BCUT2D eigenvalue weighted by molar-refractivity contribution is 6.30. The molecule has 0 fully saturated rings. The third-order valence-electron chi connectivity index (χ3n) is 3.78. The van der Waals surface area contributed by atoms with Gasteiger partial charge >= 0.3 is 12.0 Å². The van der Waals surface area contributed by atoms with Gasteiger partial charge in [0.25, 0.3) is 0 Å². The van der Waals surface area contributed by atoms with Crippen LogP contribution in [0.1, 0.15) is 25.6 Å². The number of hydrogen-bond donors (Lipinski definition) is 2. The van der Waals surface area contributed by atoms with Crippen molar-refractivity contribution in [3.63, 3.8) is 0 Å². The van der Waals surface area contributed by atoms with Gasteiger partial charge in [0.15, 0.2) is 0 Å². The van der Waals surface area contributed by atoms with Gasteiger partial charge in [-0.05, 0) is 38.1 Å². The standard InChI is InChI=1S/C18H17ClN2O4/c1-3-24-17(22)15-10(2)20-18(23)21-16(15)14-8-7-13(25-14)11-5-4-6-12(19)9-11/h4-9,16H,3H2,1-2H3,(H2,20,21,23). The molecule has 6 nitrogen and oxygen atoms in total. The first-order valence-electron chi connectivity index (χ1n) is 7.80. The molecule has 2 N–H and O–H groups in total. The molecule has 0 spiro atoms. The number of carbonyl (C=O) groups excluding carboxylic acids is 2. The number of benzene rings is 1. The first kappa shape index (κ1) is 17.1. The minimum absolute atomic E-state index is 0.238. The SMILES string of the molecule is CCOC(=O)C1=C(C)NC(=O)NC1c1ccc(-c2cccc(Cl)c2)o1. The van der Waals surface area contributed by atoms with Gasteiger partial charge in [0.1, 0.15) is 17.6 Å². The zero-order chi connectivity index (χ0) is 18.0. The van der Waals surface area contributed by atoms with Crippen LogP contribution in [0, 0.1) is 0 Å². The summed E-state index contributed by atoms with van der Waals surface area (Å²) < 4.78 is 11.0. The fraction of sp³-hybridized carbons (Fsp3) is 0.222. The predicted octanol–water partition coefficient (Wildman–Crippen LogP) is 3.79. The summed E-state index contributed by atoms with van der Waals surface area (Å²) in [6.07, 6.45) is 0. The molecule has 2 amide bonds. The summed E-state index contributed by atoms with van der Waals surface area (Å²) >= 11 is 6.01. The Balaban J connectivity index is 1.98. The van der Waals surface area contributed by atoms with Gasteiger partial charge in [0, 0.05) is 16.3 Å². The van der Waals surface area contributed by atoms with Crippen LogP contribution in [0.5, 0.6) is 0 Å². The molecule has 0 bridgehead atoms. The summed E-state index contributed by atoms with van der Waals surface area (Å²) in [6.45, 7) is 3.61. The maximum absolute atomic E-state index is 12.3. The Kier molecular flexibility index (Phi) is 4.81. The maximum atomic E-state index is 12.3. The summed E-state index contributed by atoms with van der Waals surface area (Å²) in [5.41, 5.74) is 1.55. The third-order valence-corrected chi connectivity index (χ3v) is 4.02. The van der Waals surface area contributed by atoms with Crippen LogP contribution >= 0.6 is 11.6 Å². The first-order chi connectivity index (χ1) is 12.0. The highest BCUT2D eigenvalue weighted by Gasteiger charge is 2.34. The highest BCUT2D eigenvalue weighted by Crippen LogP contribution is 2.32. The highest BCUT2D eigenvalue weighted by atomic mass is 35.5. The van der Waals surface area contributed by atoms with Crippen LogP contribution < -0.4 is 10.6 Å². The molecule has 1 aliphatic rings. The Hall–Kier alpha value is -2.73. The minimum atomic E-state index is -0.722. The number of rotatable bonds is 4. The normalized spacial score (nSPS) is 17.1. The number of allylic oxidation sites excluding steroid dienone is 1. The Morgan fingerprint density at radius 3 is 2.84 bits per heavy atom. The molecule has 0 saturated heterocycles. The van der Waals surface area contributed by atoms with Crippen LogP contribution in [-0.2, 0) is 9.53 Å². The maximum Gasteiger partial charge on any atom is 0.338 e. The van der Waals surface area contributed by atoms with Gasteiger partial charge in [0.05, 0.1) is 12.2 Å². The van der Waals surface area contributed by atoms with E-state index in [0.717, 1.165) is 5.56 Å². The molecule has 2 aromatic rings. The molecular formula is C18H17ClN2O4. The van der Waals surface area contributed by atoms with Crippen molar-refractivity contribution >= 4 is 23.6 Å². The van der Waals surface area contributed by atoms with E-state index in [2.05, 4.69) is 10.6 Å². The molecule has 130 valence electrons. The topological polar surface area (TPSA) is 80.6 Å². The average molecular weight is 361 g/mol. The number of amides is 2. The molecule has 25 heavy (non-hydrogen) atoms. The van der Waals surface area contributed by atoms with E-state index in [9.17, 15) is 9.59 Å². The number of furan rings is 1. The molecule has 7 heteroatoms. The lowest BCUT2D eigenvalue weighted by Crippen LogP contribution is -2.45. The van der Waals surface area contributed by atoms with Crippen molar-refractivity contribution in [1.82, 2.24) is 10.6 Å². The number of halogens is 1. The van der Waals surface area contributed by atoms with Crippen molar-refractivity contribution in [3.05, 3.63) is 58.5 Å². The van der Waals surface area contributed by atoms with Gasteiger partial charge in [-0.2, -0.15) is 0 Å². The summed E-state index contributed by atoms with van der Waals surface area (Å²) in [4.78, 5) is 24.1. The van der Waals surface area contributed by atoms with E-state index in [-0.39, 0.29) is 6.61 Å². The predicted molar refractivity (Wildman–Crippen MR) is 92.9 cm³/mol. The van der Waals surface area contributed by atoms with Crippen LogP contribution in [0.25, 0.3) is 11.3 Å². The number of urea groups is 1. The van der Waals surface area contributed by atoms with Crippen LogP contribution in [0.15, 0.2) is 52.1 Å². The average Bonchev–Trinajstić information content (AvgIpc) is 3.04. The number of ether oxygens (including phenoxy) is 1. The van der Waals surface area contributed by atoms with Crippen molar-refractivity contribution in [2.24, 2.45) is 0 Å². The Morgan fingerprint density at radius 2 is 2.12 bits per heavy atom. The van der Waals surface area contributed by atoms with Crippen molar-refractivity contribution in [2.45, 2.75) is 19.9 Å². The Labute approximate surface area is 149 Å². The van der Waals surface area contributed by atoms with Gasteiger partial charge in [-0.25, -0.2) is 9.59 Å². The number of carbonyl (C=O) groups is 2. The Bertz CT molecular complexity index is 856. The van der Waals surface area contributed by atoms with Gasteiger partial charge < -0.3 is 19.8 Å². The summed E-state index contributed by atoms with van der Waals surface area (Å²) in [7, 11) is 0. The van der Waals surface area contributed by atoms with Crippen molar-refractivity contribution < 1.29 is 18.7 Å². The smallest absolute Gasteiger partial charge is 0.338 e. The zero-order valence-electron chi connectivity index (χ0n) is 13.8. The van der Waals surface area contributed by atoms with Crippen molar-refractivity contribution in [2.75, 3.05) is 6.61 Å². The largest absolute Gasteiger partial charge is 0.463 e. The second-order valence-electron chi connectivity index (χ2n) is 5.50. The molecule has 1 unspecified atom stereocenters. The molecule has 3 rings (SSSR count). The third kappa shape index (κ3) is 3.53. The molecule has 0 saturated carbocycles. The van der Waals surface area contributed by atoms with E-state index in [1.807, 2.05) is 12.1 Å². The van der Waals surface area contributed by atoms with Crippen molar-refractivity contribution in [3.8, 4) is 11.3 Å². The number of hydrogen-bond acceptors (Lipinski definition) is 4. The van der Waals surface area contributed by atoms with E-state index in [1.165, 1.54) is 0 Å². The molecule has 2 heterocycles. The molecule has 1 aromatic carbocycles. The molecule has 1 aliphatic heterocycles. The summed E-state index contributed by atoms with van der Waals surface area (Å²) in [5.74, 6) is 0.525. The van der Waals surface area contributed by atoms with Crippen LogP contribution in [0.4, 0.5) is 4.79 Å².